The fourth-order valence-electron chi connectivity index (χ4n) is 1.65. The van der Waals surface area contributed by atoms with Gasteiger partial charge >= 0.3 is 0 Å². The molecule has 1 aromatic carbocycles. The highest BCUT2D eigenvalue weighted by Crippen LogP contribution is 2.22. The van der Waals surface area contributed by atoms with Crippen LogP contribution in [0.25, 0.3) is 0 Å². The molecule has 0 spiro atoms. The van der Waals surface area contributed by atoms with Gasteiger partial charge in [0.2, 0.25) is 5.91 Å². The fraction of sp³-hybridized carbons (Fsp3) is 0.467. The van der Waals surface area contributed by atoms with E-state index in [1.807, 2.05) is 19.1 Å². The van der Waals surface area contributed by atoms with E-state index in [0.29, 0.717) is 36.2 Å². The first-order chi connectivity index (χ1) is 10.0. The summed E-state index contributed by atoms with van der Waals surface area (Å²) in [5.74, 6) is 0.263. The number of guanidine groups is 1. The Kier molecular flexibility index (Phi) is 11.0. The van der Waals surface area contributed by atoms with Gasteiger partial charge in [-0.05, 0) is 31.0 Å². The van der Waals surface area contributed by atoms with Crippen LogP contribution in [-0.4, -0.2) is 25.0 Å². The zero-order chi connectivity index (χ0) is 15.7. The normalized spacial score (nSPS) is 10.8. The summed E-state index contributed by atoms with van der Waals surface area (Å²) in [5, 5.41) is 6.23. The average Bonchev–Trinajstić information content (AvgIpc) is 2.42. The Balaban J connectivity index is 0.00000441. The summed E-state index contributed by atoms with van der Waals surface area (Å²) in [6.07, 6.45) is 2.39. The van der Waals surface area contributed by atoms with E-state index in [9.17, 15) is 4.79 Å². The molecule has 0 heterocycles. The lowest BCUT2D eigenvalue weighted by Crippen LogP contribution is -2.34. The van der Waals surface area contributed by atoms with Gasteiger partial charge in [-0.1, -0.05) is 31.0 Å². The number of halogens is 2. The van der Waals surface area contributed by atoms with Crippen molar-refractivity contribution < 1.29 is 4.79 Å². The van der Waals surface area contributed by atoms with E-state index < -0.39 is 0 Å². The third kappa shape index (κ3) is 8.43. The summed E-state index contributed by atoms with van der Waals surface area (Å²) < 4.78 is 0. The summed E-state index contributed by atoms with van der Waals surface area (Å²) in [6, 6.07) is 5.51. The number of aliphatic imine (C=N–C) groups is 1. The van der Waals surface area contributed by atoms with E-state index in [1.54, 1.807) is 6.07 Å². The molecule has 7 heteroatoms. The van der Waals surface area contributed by atoms with Gasteiger partial charge in [0.1, 0.15) is 0 Å². The standard InChI is InChI=1S/C15H23ClN4O.HI/c1-3-4-8-18-15(17)19-9-7-14(21)20-13-6-5-11(2)10-12(13)16;/h5-6,10H,3-4,7-9H2,1-2H3,(H,20,21)(H3,17,18,19);1H. The van der Waals surface area contributed by atoms with Crippen LogP contribution in [0.1, 0.15) is 31.7 Å². The fourth-order valence-corrected chi connectivity index (χ4v) is 1.93. The molecule has 22 heavy (non-hydrogen) atoms. The third-order valence-electron chi connectivity index (χ3n) is 2.85. The number of aryl methyl sites for hydroxylation is 1. The van der Waals surface area contributed by atoms with Gasteiger partial charge in [0.25, 0.3) is 0 Å². The summed E-state index contributed by atoms with van der Waals surface area (Å²) >= 11 is 6.06. The highest BCUT2D eigenvalue weighted by atomic mass is 127. The molecule has 5 nitrogen and oxygen atoms in total. The van der Waals surface area contributed by atoms with Crippen LogP contribution in [0, 0.1) is 6.92 Å². The van der Waals surface area contributed by atoms with E-state index in [2.05, 4.69) is 22.5 Å². The molecular weight excluding hydrogens is 415 g/mol. The Bertz CT molecular complexity index is 508. The second-order valence-electron chi connectivity index (χ2n) is 4.83. The average molecular weight is 439 g/mol. The van der Waals surface area contributed by atoms with E-state index in [1.165, 1.54) is 0 Å². The molecule has 1 aromatic rings. The number of carbonyl (C=O) groups excluding carboxylic acids is 1. The zero-order valence-corrected chi connectivity index (χ0v) is 16.1. The minimum Gasteiger partial charge on any atom is -0.370 e. The lowest BCUT2D eigenvalue weighted by molar-refractivity contribution is -0.116. The molecule has 0 saturated carbocycles. The van der Waals surface area contributed by atoms with Crippen molar-refractivity contribution in [3.63, 3.8) is 0 Å². The van der Waals surface area contributed by atoms with Crippen molar-refractivity contribution in [2.45, 2.75) is 33.1 Å². The van der Waals surface area contributed by atoms with E-state index in [-0.39, 0.29) is 29.9 Å². The molecule has 0 saturated heterocycles. The van der Waals surface area contributed by atoms with Crippen molar-refractivity contribution in [2.75, 3.05) is 18.4 Å². The largest absolute Gasteiger partial charge is 0.370 e. The van der Waals surface area contributed by atoms with Crippen molar-refractivity contribution in [1.29, 1.82) is 0 Å². The first kappa shape index (κ1) is 21.0. The molecule has 0 aliphatic heterocycles. The summed E-state index contributed by atoms with van der Waals surface area (Å²) in [6.45, 7) is 5.19. The van der Waals surface area contributed by atoms with Crippen LogP contribution in [0.15, 0.2) is 23.2 Å². The Morgan fingerprint density at radius 1 is 1.41 bits per heavy atom. The van der Waals surface area contributed by atoms with Crippen molar-refractivity contribution in [3.05, 3.63) is 28.8 Å². The number of amides is 1. The number of hydrogen-bond donors (Lipinski definition) is 3. The summed E-state index contributed by atoms with van der Waals surface area (Å²) in [7, 11) is 0. The molecule has 124 valence electrons. The van der Waals surface area contributed by atoms with Crippen LogP contribution in [0.5, 0.6) is 0 Å². The highest BCUT2D eigenvalue weighted by molar-refractivity contribution is 14.0. The number of rotatable bonds is 7. The van der Waals surface area contributed by atoms with E-state index >= 15 is 0 Å². The molecule has 0 fully saturated rings. The second kappa shape index (κ2) is 11.5. The molecule has 0 aromatic heterocycles. The molecule has 0 atom stereocenters. The van der Waals surface area contributed by atoms with Gasteiger partial charge in [0, 0.05) is 19.5 Å². The van der Waals surface area contributed by atoms with Crippen LogP contribution >= 0.6 is 35.6 Å². The highest BCUT2D eigenvalue weighted by Gasteiger charge is 2.05. The lowest BCUT2D eigenvalue weighted by Gasteiger charge is -2.09. The third-order valence-corrected chi connectivity index (χ3v) is 3.16. The lowest BCUT2D eigenvalue weighted by atomic mass is 10.2. The minimum atomic E-state index is -0.116. The molecule has 0 unspecified atom stereocenters. The molecular formula is C15H24ClIN4O. The predicted octanol–water partition coefficient (Wildman–Crippen LogP) is 3.30. The van der Waals surface area contributed by atoms with Gasteiger partial charge in [-0.3, -0.25) is 9.79 Å². The molecule has 1 amide bonds. The number of anilines is 1. The van der Waals surface area contributed by atoms with Gasteiger partial charge in [-0.25, -0.2) is 0 Å². The van der Waals surface area contributed by atoms with Crippen molar-refractivity contribution in [2.24, 2.45) is 10.7 Å². The van der Waals surface area contributed by atoms with Gasteiger partial charge in [-0.2, -0.15) is 0 Å². The summed E-state index contributed by atoms with van der Waals surface area (Å²) in [5.41, 5.74) is 7.35. The van der Waals surface area contributed by atoms with Crippen molar-refractivity contribution in [1.82, 2.24) is 5.32 Å². The minimum absolute atomic E-state index is 0. The van der Waals surface area contributed by atoms with Gasteiger partial charge in [-0.15, -0.1) is 24.0 Å². The Hall–Kier alpha value is -1.02. The van der Waals surface area contributed by atoms with E-state index in [0.717, 1.165) is 18.4 Å². The smallest absolute Gasteiger partial charge is 0.226 e. The maximum absolute atomic E-state index is 11.8. The number of hydrogen-bond acceptors (Lipinski definition) is 2. The Morgan fingerprint density at radius 2 is 2.14 bits per heavy atom. The SMILES string of the molecule is CCCCN=C(N)NCCC(=O)Nc1ccc(C)cc1Cl.I. The molecule has 0 radical (unpaired) electrons. The van der Waals surface area contributed by atoms with Crippen LogP contribution in [0.2, 0.25) is 5.02 Å². The number of benzene rings is 1. The maximum atomic E-state index is 11.8. The van der Waals surface area contributed by atoms with Crippen molar-refractivity contribution >= 4 is 53.1 Å². The molecule has 1 rings (SSSR count). The topological polar surface area (TPSA) is 79.5 Å². The predicted molar refractivity (Wildman–Crippen MR) is 104 cm³/mol. The number of nitrogens with one attached hydrogen (secondary N) is 2. The molecule has 0 bridgehead atoms. The molecule has 0 aliphatic carbocycles. The molecule has 4 N–H and O–H groups in total. The van der Waals surface area contributed by atoms with Gasteiger partial charge < -0.3 is 16.4 Å². The molecule has 0 aliphatic rings. The van der Waals surface area contributed by atoms with Crippen LogP contribution in [0.3, 0.4) is 0 Å². The quantitative estimate of drug-likeness (QED) is 0.264. The number of nitrogens with two attached hydrogens (primary N) is 1. The first-order valence-corrected chi connectivity index (χ1v) is 7.50. The monoisotopic (exact) mass is 438 g/mol. The number of carbonyl (C=O) groups is 1. The van der Waals surface area contributed by atoms with Crippen LogP contribution in [-0.2, 0) is 4.79 Å². The van der Waals surface area contributed by atoms with E-state index in [4.69, 9.17) is 17.3 Å². The van der Waals surface area contributed by atoms with Gasteiger partial charge in [0.15, 0.2) is 5.96 Å². The van der Waals surface area contributed by atoms with Crippen LogP contribution < -0.4 is 16.4 Å². The Morgan fingerprint density at radius 3 is 2.77 bits per heavy atom. The second-order valence-corrected chi connectivity index (χ2v) is 5.24. The maximum Gasteiger partial charge on any atom is 0.226 e. The first-order valence-electron chi connectivity index (χ1n) is 7.12. The zero-order valence-electron chi connectivity index (χ0n) is 13.0. The Labute approximate surface area is 154 Å². The van der Waals surface area contributed by atoms with Crippen molar-refractivity contribution in [3.8, 4) is 0 Å². The summed E-state index contributed by atoms with van der Waals surface area (Å²) in [4.78, 5) is 16.0. The number of nitrogens with zero attached hydrogens (tertiary/aromatic N) is 1. The number of unbranched alkanes of at least 4 members (excludes halogenated alkanes) is 1. The van der Waals surface area contributed by atoms with Gasteiger partial charge in [0.05, 0.1) is 10.7 Å². The van der Waals surface area contributed by atoms with Crippen LogP contribution in [0.4, 0.5) is 5.69 Å².